The lowest BCUT2D eigenvalue weighted by Crippen LogP contribution is -2.33. The van der Waals surface area contributed by atoms with Gasteiger partial charge >= 0.3 is 0 Å². The van der Waals surface area contributed by atoms with Crippen LogP contribution < -0.4 is 10.5 Å². The van der Waals surface area contributed by atoms with E-state index in [4.69, 9.17) is 10.2 Å². The standard InChI is InChI=1S/C15H18N2O4S/c1-11(4-7-13-3-2-10-21-13)17-22(19,20)14-8-5-12(6-9-14)15(16)18/h2-3,5-6,8-11,17H,4,7H2,1H3,(H2,16,18). The van der Waals surface area contributed by atoms with Crippen LogP contribution in [0.4, 0.5) is 0 Å². The number of hydrogen-bond donors (Lipinski definition) is 2. The van der Waals surface area contributed by atoms with Crippen molar-refractivity contribution in [3.05, 3.63) is 54.0 Å². The molecule has 2 aromatic rings. The minimum absolute atomic E-state index is 0.0994. The van der Waals surface area contributed by atoms with Crippen LogP contribution in [0.1, 0.15) is 29.5 Å². The van der Waals surface area contributed by atoms with Crippen LogP contribution in [0.25, 0.3) is 0 Å². The minimum Gasteiger partial charge on any atom is -0.469 e. The Balaban J connectivity index is 1.98. The van der Waals surface area contributed by atoms with Crippen LogP contribution in [0.15, 0.2) is 52.0 Å². The highest BCUT2D eigenvalue weighted by Gasteiger charge is 2.17. The number of amides is 1. The summed E-state index contributed by atoms with van der Waals surface area (Å²) < 4.78 is 32.3. The van der Waals surface area contributed by atoms with Gasteiger partial charge in [0.05, 0.1) is 11.2 Å². The van der Waals surface area contributed by atoms with Crippen molar-refractivity contribution in [2.75, 3.05) is 0 Å². The second-order valence-electron chi connectivity index (χ2n) is 5.03. The summed E-state index contributed by atoms with van der Waals surface area (Å²) in [5.74, 6) is 0.223. The van der Waals surface area contributed by atoms with Gasteiger partial charge in [-0.15, -0.1) is 0 Å². The SMILES string of the molecule is CC(CCc1ccco1)NS(=O)(=O)c1ccc(C(N)=O)cc1. The summed E-state index contributed by atoms with van der Waals surface area (Å²) >= 11 is 0. The van der Waals surface area contributed by atoms with Crippen LogP contribution in [-0.2, 0) is 16.4 Å². The molecule has 0 fully saturated rings. The Labute approximate surface area is 129 Å². The fourth-order valence-corrected chi connectivity index (χ4v) is 3.28. The zero-order valence-electron chi connectivity index (χ0n) is 12.2. The van der Waals surface area contributed by atoms with Crippen LogP contribution in [0.5, 0.6) is 0 Å². The summed E-state index contributed by atoms with van der Waals surface area (Å²) in [5, 5.41) is 0. The maximum atomic E-state index is 12.2. The number of rotatable bonds is 7. The summed E-state index contributed by atoms with van der Waals surface area (Å²) in [6.07, 6.45) is 2.86. The predicted molar refractivity (Wildman–Crippen MR) is 81.8 cm³/mol. The van der Waals surface area contributed by atoms with Crippen LogP contribution in [-0.4, -0.2) is 20.4 Å². The van der Waals surface area contributed by atoms with E-state index in [9.17, 15) is 13.2 Å². The molecular weight excluding hydrogens is 304 g/mol. The third-order valence-corrected chi connectivity index (χ3v) is 4.81. The van der Waals surface area contributed by atoms with E-state index in [0.717, 1.165) is 5.76 Å². The number of hydrogen-bond acceptors (Lipinski definition) is 4. The van der Waals surface area contributed by atoms with Gasteiger partial charge in [0.1, 0.15) is 5.76 Å². The Morgan fingerprint density at radius 3 is 2.50 bits per heavy atom. The van der Waals surface area contributed by atoms with Crippen molar-refractivity contribution < 1.29 is 17.6 Å². The number of nitrogens with one attached hydrogen (secondary N) is 1. The van der Waals surface area contributed by atoms with Crippen molar-refractivity contribution in [3.63, 3.8) is 0 Å². The molecule has 0 aliphatic rings. The Morgan fingerprint density at radius 2 is 1.95 bits per heavy atom. The number of benzene rings is 1. The molecule has 0 radical (unpaired) electrons. The molecule has 0 aliphatic carbocycles. The van der Waals surface area contributed by atoms with E-state index in [-0.39, 0.29) is 16.5 Å². The molecule has 7 heteroatoms. The van der Waals surface area contributed by atoms with Crippen LogP contribution >= 0.6 is 0 Å². The number of nitrogens with two attached hydrogens (primary N) is 1. The van der Waals surface area contributed by atoms with E-state index in [2.05, 4.69) is 4.72 Å². The zero-order chi connectivity index (χ0) is 16.2. The quantitative estimate of drug-likeness (QED) is 0.809. The van der Waals surface area contributed by atoms with Crippen molar-refractivity contribution in [1.29, 1.82) is 0 Å². The molecule has 1 amide bonds. The van der Waals surface area contributed by atoms with Crippen molar-refractivity contribution in [1.82, 2.24) is 4.72 Å². The Bertz CT molecular complexity index is 721. The largest absolute Gasteiger partial charge is 0.469 e. The fraction of sp³-hybridized carbons (Fsp3) is 0.267. The van der Waals surface area contributed by atoms with Gasteiger partial charge in [0.2, 0.25) is 15.9 Å². The summed E-state index contributed by atoms with van der Waals surface area (Å²) in [4.78, 5) is 11.1. The highest BCUT2D eigenvalue weighted by molar-refractivity contribution is 7.89. The molecule has 0 aliphatic heterocycles. The summed E-state index contributed by atoms with van der Waals surface area (Å²) in [7, 11) is -3.63. The van der Waals surface area contributed by atoms with Crippen LogP contribution in [0, 0.1) is 0 Å². The lowest BCUT2D eigenvalue weighted by atomic mass is 10.2. The van der Waals surface area contributed by atoms with Gasteiger partial charge in [-0.3, -0.25) is 4.79 Å². The lowest BCUT2D eigenvalue weighted by Gasteiger charge is -2.13. The van der Waals surface area contributed by atoms with Crippen molar-refractivity contribution in [3.8, 4) is 0 Å². The van der Waals surface area contributed by atoms with Crippen molar-refractivity contribution in [2.45, 2.75) is 30.7 Å². The molecule has 0 bridgehead atoms. The molecule has 1 aromatic heterocycles. The smallest absolute Gasteiger partial charge is 0.248 e. The van der Waals surface area contributed by atoms with E-state index >= 15 is 0 Å². The molecule has 3 N–H and O–H groups in total. The van der Waals surface area contributed by atoms with Gasteiger partial charge in [-0.05, 0) is 49.7 Å². The number of carbonyl (C=O) groups is 1. The van der Waals surface area contributed by atoms with Gasteiger partial charge in [-0.2, -0.15) is 0 Å². The fourth-order valence-electron chi connectivity index (χ4n) is 2.00. The Kier molecular flexibility index (Phi) is 4.99. The Morgan fingerprint density at radius 1 is 1.27 bits per heavy atom. The number of sulfonamides is 1. The average molecular weight is 322 g/mol. The highest BCUT2D eigenvalue weighted by atomic mass is 32.2. The maximum Gasteiger partial charge on any atom is 0.248 e. The number of furan rings is 1. The molecule has 0 spiro atoms. The Hall–Kier alpha value is -2.12. The molecule has 1 unspecified atom stereocenters. The first kappa shape index (κ1) is 16.3. The van der Waals surface area contributed by atoms with E-state index in [1.165, 1.54) is 24.3 Å². The molecule has 118 valence electrons. The van der Waals surface area contributed by atoms with Gasteiger partial charge < -0.3 is 10.2 Å². The molecule has 0 saturated heterocycles. The normalized spacial score (nSPS) is 13.0. The molecule has 22 heavy (non-hydrogen) atoms. The van der Waals surface area contributed by atoms with Gasteiger partial charge in [0, 0.05) is 18.0 Å². The molecule has 1 heterocycles. The molecule has 2 rings (SSSR count). The molecule has 1 atom stereocenters. The van der Waals surface area contributed by atoms with Crippen molar-refractivity contribution in [2.24, 2.45) is 5.73 Å². The molecular formula is C15H18N2O4S. The molecule has 6 nitrogen and oxygen atoms in total. The monoisotopic (exact) mass is 322 g/mol. The van der Waals surface area contributed by atoms with E-state index < -0.39 is 15.9 Å². The predicted octanol–water partition coefficient (Wildman–Crippen LogP) is 1.68. The number of primary amides is 1. The first-order valence-electron chi connectivity index (χ1n) is 6.83. The minimum atomic E-state index is -3.63. The van der Waals surface area contributed by atoms with E-state index in [0.29, 0.717) is 12.8 Å². The van der Waals surface area contributed by atoms with Gasteiger partial charge in [-0.25, -0.2) is 13.1 Å². The first-order valence-corrected chi connectivity index (χ1v) is 8.31. The van der Waals surface area contributed by atoms with Gasteiger partial charge in [0.25, 0.3) is 0 Å². The molecule has 1 aromatic carbocycles. The second-order valence-corrected chi connectivity index (χ2v) is 6.74. The lowest BCUT2D eigenvalue weighted by molar-refractivity contribution is 0.1000. The maximum absolute atomic E-state index is 12.2. The van der Waals surface area contributed by atoms with Gasteiger partial charge in [-0.1, -0.05) is 0 Å². The third-order valence-electron chi connectivity index (χ3n) is 3.21. The summed E-state index contributed by atoms with van der Waals surface area (Å²) in [6.45, 7) is 1.79. The zero-order valence-corrected chi connectivity index (χ0v) is 13.0. The second kappa shape index (κ2) is 6.76. The van der Waals surface area contributed by atoms with Crippen molar-refractivity contribution >= 4 is 15.9 Å². The average Bonchev–Trinajstić information content (AvgIpc) is 2.98. The number of aryl methyl sites for hydroxylation is 1. The third kappa shape index (κ3) is 4.19. The summed E-state index contributed by atoms with van der Waals surface area (Å²) in [5.41, 5.74) is 5.40. The van der Waals surface area contributed by atoms with Crippen LogP contribution in [0.2, 0.25) is 0 Å². The van der Waals surface area contributed by atoms with Crippen LogP contribution in [0.3, 0.4) is 0 Å². The molecule has 0 saturated carbocycles. The summed E-state index contributed by atoms with van der Waals surface area (Å²) in [6, 6.07) is 8.91. The topological polar surface area (TPSA) is 102 Å². The van der Waals surface area contributed by atoms with E-state index in [1.54, 1.807) is 19.3 Å². The first-order chi connectivity index (χ1) is 10.4. The van der Waals surface area contributed by atoms with E-state index in [1.807, 2.05) is 6.07 Å². The highest BCUT2D eigenvalue weighted by Crippen LogP contribution is 2.12. The number of carbonyl (C=O) groups excluding carboxylic acids is 1. The van der Waals surface area contributed by atoms with Gasteiger partial charge in [0.15, 0.2) is 0 Å².